The molecule has 0 bridgehead atoms. The van der Waals surface area contributed by atoms with Crippen molar-refractivity contribution in [2.75, 3.05) is 0 Å². The van der Waals surface area contributed by atoms with Crippen LogP contribution in [0.15, 0.2) is 94.6 Å². The molecule has 2 N–H and O–H groups in total. The Kier molecular flexibility index (Phi) is 4.78. The van der Waals surface area contributed by atoms with Crippen molar-refractivity contribution >= 4 is 28.3 Å². The SMILES string of the molecule is C=C(/N=C(\N=C(/N)Cl)c1ccccc1)C1CC=CC2=C1Cc1ccccc12. The Morgan fingerprint density at radius 1 is 1.04 bits per heavy atom. The van der Waals surface area contributed by atoms with Gasteiger partial charge in [-0.05, 0) is 46.7 Å². The van der Waals surface area contributed by atoms with Gasteiger partial charge >= 0.3 is 0 Å². The number of amidine groups is 2. The van der Waals surface area contributed by atoms with E-state index in [-0.39, 0.29) is 11.2 Å². The number of halogens is 1. The number of nitrogens with zero attached hydrogens (tertiary/aromatic N) is 2. The Hall–Kier alpha value is -2.91. The topological polar surface area (TPSA) is 50.7 Å². The highest BCUT2D eigenvalue weighted by atomic mass is 35.5. The maximum Gasteiger partial charge on any atom is 0.195 e. The molecular weight excluding hydrogens is 354 g/mol. The van der Waals surface area contributed by atoms with Crippen LogP contribution in [-0.4, -0.2) is 11.1 Å². The molecule has 2 aliphatic carbocycles. The fraction of sp³-hybridized carbons (Fsp3) is 0.130. The lowest BCUT2D eigenvalue weighted by atomic mass is 9.85. The lowest BCUT2D eigenvalue weighted by molar-refractivity contribution is 0.700. The van der Waals surface area contributed by atoms with Gasteiger partial charge in [-0.25, -0.2) is 4.99 Å². The molecule has 0 saturated carbocycles. The van der Waals surface area contributed by atoms with E-state index in [2.05, 4.69) is 48.0 Å². The van der Waals surface area contributed by atoms with Crippen LogP contribution < -0.4 is 5.73 Å². The Balaban J connectivity index is 1.69. The maximum absolute atomic E-state index is 5.84. The highest BCUT2D eigenvalue weighted by Crippen LogP contribution is 2.43. The third-order valence-electron chi connectivity index (χ3n) is 5.01. The Bertz CT molecular complexity index is 1010. The number of aliphatic imine (C=N–C) groups is 2. The van der Waals surface area contributed by atoms with Crippen LogP contribution >= 0.6 is 11.6 Å². The van der Waals surface area contributed by atoms with E-state index >= 15 is 0 Å². The molecule has 27 heavy (non-hydrogen) atoms. The van der Waals surface area contributed by atoms with Crippen LogP contribution in [0, 0.1) is 5.92 Å². The van der Waals surface area contributed by atoms with Crippen LogP contribution in [-0.2, 0) is 6.42 Å². The highest BCUT2D eigenvalue weighted by Gasteiger charge is 2.29. The minimum Gasteiger partial charge on any atom is -0.374 e. The van der Waals surface area contributed by atoms with Gasteiger partial charge < -0.3 is 5.73 Å². The quantitative estimate of drug-likeness (QED) is 0.455. The molecule has 4 rings (SSSR count). The first kappa shape index (κ1) is 17.5. The van der Waals surface area contributed by atoms with E-state index in [0.29, 0.717) is 5.84 Å². The second-order valence-corrected chi connectivity index (χ2v) is 7.08. The fourth-order valence-electron chi connectivity index (χ4n) is 3.78. The summed E-state index contributed by atoms with van der Waals surface area (Å²) in [4.78, 5) is 8.96. The van der Waals surface area contributed by atoms with Crippen LogP contribution in [0.25, 0.3) is 5.57 Å². The zero-order valence-corrected chi connectivity index (χ0v) is 15.7. The average Bonchev–Trinajstić information content (AvgIpc) is 3.06. The number of fused-ring (bicyclic) bond motifs is 2. The highest BCUT2D eigenvalue weighted by molar-refractivity contribution is 6.65. The summed E-state index contributed by atoms with van der Waals surface area (Å²) in [6.07, 6.45) is 6.25. The zero-order valence-electron chi connectivity index (χ0n) is 14.9. The number of rotatable bonds is 3. The predicted molar refractivity (Wildman–Crippen MR) is 114 cm³/mol. The molecule has 134 valence electrons. The van der Waals surface area contributed by atoms with Crippen molar-refractivity contribution in [3.8, 4) is 0 Å². The Labute approximate surface area is 164 Å². The van der Waals surface area contributed by atoms with Gasteiger partial charge in [0.25, 0.3) is 0 Å². The monoisotopic (exact) mass is 373 g/mol. The molecule has 0 aliphatic heterocycles. The maximum atomic E-state index is 5.84. The number of nitrogens with two attached hydrogens (primary N) is 1. The van der Waals surface area contributed by atoms with Crippen molar-refractivity contribution in [1.29, 1.82) is 0 Å². The molecule has 1 unspecified atom stereocenters. The van der Waals surface area contributed by atoms with Crippen molar-refractivity contribution in [3.05, 3.63) is 101 Å². The molecule has 0 saturated heterocycles. The first-order chi connectivity index (χ1) is 13.1. The average molecular weight is 374 g/mol. The molecule has 0 fully saturated rings. The summed E-state index contributed by atoms with van der Waals surface area (Å²) < 4.78 is 0. The molecule has 0 spiro atoms. The van der Waals surface area contributed by atoms with Gasteiger partial charge in [0, 0.05) is 17.2 Å². The molecule has 2 aromatic carbocycles. The predicted octanol–water partition coefficient (Wildman–Crippen LogP) is 5.09. The molecule has 0 aromatic heterocycles. The van der Waals surface area contributed by atoms with E-state index in [0.717, 1.165) is 24.1 Å². The molecular formula is C23H20ClN3. The summed E-state index contributed by atoms with van der Waals surface area (Å²) in [5.41, 5.74) is 12.6. The smallest absolute Gasteiger partial charge is 0.195 e. The number of allylic oxidation sites excluding steroid dienone is 4. The normalized spacial score (nSPS) is 19.1. The van der Waals surface area contributed by atoms with Crippen molar-refractivity contribution in [1.82, 2.24) is 0 Å². The summed E-state index contributed by atoms with van der Waals surface area (Å²) >= 11 is 5.84. The number of benzene rings is 2. The third-order valence-corrected chi connectivity index (χ3v) is 5.09. The third kappa shape index (κ3) is 3.51. The van der Waals surface area contributed by atoms with E-state index < -0.39 is 0 Å². The molecule has 0 heterocycles. The molecule has 4 heteroatoms. The summed E-state index contributed by atoms with van der Waals surface area (Å²) in [6, 6.07) is 18.2. The van der Waals surface area contributed by atoms with Gasteiger partial charge in [-0.1, -0.05) is 73.3 Å². The number of hydrogen-bond acceptors (Lipinski definition) is 1. The Morgan fingerprint density at radius 3 is 2.56 bits per heavy atom. The van der Waals surface area contributed by atoms with Crippen molar-refractivity contribution in [2.24, 2.45) is 21.6 Å². The van der Waals surface area contributed by atoms with Gasteiger partial charge in [-0.2, -0.15) is 4.99 Å². The summed E-state index contributed by atoms with van der Waals surface area (Å²) in [5, 5.41) is -0.0397. The second kappa shape index (κ2) is 7.37. The van der Waals surface area contributed by atoms with Crippen molar-refractivity contribution in [2.45, 2.75) is 12.8 Å². The van der Waals surface area contributed by atoms with Crippen LogP contribution in [0.5, 0.6) is 0 Å². The van der Waals surface area contributed by atoms with Gasteiger partial charge in [0.1, 0.15) is 0 Å². The minimum absolute atomic E-state index is 0.0397. The van der Waals surface area contributed by atoms with Gasteiger partial charge in [0.2, 0.25) is 0 Å². The van der Waals surface area contributed by atoms with Crippen molar-refractivity contribution in [3.63, 3.8) is 0 Å². The first-order valence-corrected chi connectivity index (χ1v) is 9.31. The molecule has 0 radical (unpaired) electrons. The second-order valence-electron chi connectivity index (χ2n) is 6.69. The molecule has 0 amide bonds. The Morgan fingerprint density at radius 2 is 1.78 bits per heavy atom. The van der Waals surface area contributed by atoms with Gasteiger partial charge in [-0.3, -0.25) is 0 Å². The van der Waals surface area contributed by atoms with E-state index in [4.69, 9.17) is 22.3 Å². The molecule has 3 nitrogen and oxygen atoms in total. The fourth-order valence-corrected chi connectivity index (χ4v) is 3.86. The summed E-state index contributed by atoms with van der Waals surface area (Å²) in [6.45, 7) is 4.27. The number of hydrogen-bond donors (Lipinski definition) is 1. The van der Waals surface area contributed by atoms with E-state index in [1.54, 1.807) is 0 Å². The summed E-state index contributed by atoms with van der Waals surface area (Å²) in [5.74, 6) is 0.642. The first-order valence-electron chi connectivity index (χ1n) is 8.94. The molecule has 2 aromatic rings. The standard InChI is InChI=1S/C23H20ClN3/c1-15(26-22(27-23(24)25)16-8-3-2-4-9-16)18-12-7-13-20-19-11-6-5-10-17(19)14-21(18)20/h2-11,13,18H,1,12,14H2,(H2,25,26,27). The summed E-state index contributed by atoms with van der Waals surface area (Å²) in [7, 11) is 0. The van der Waals surface area contributed by atoms with Crippen LogP contribution in [0.3, 0.4) is 0 Å². The minimum atomic E-state index is -0.0397. The van der Waals surface area contributed by atoms with E-state index in [9.17, 15) is 0 Å². The van der Waals surface area contributed by atoms with Crippen LogP contribution in [0.1, 0.15) is 23.1 Å². The van der Waals surface area contributed by atoms with Crippen LogP contribution in [0.4, 0.5) is 0 Å². The van der Waals surface area contributed by atoms with E-state index in [1.165, 1.54) is 22.3 Å². The van der Waals surface area contributed by atoms with Gasteiger partial charge in [0.15, 0.2) is 11.1 Å². The van der Waals surface area contributed by atoms with Gasteiger partial charge in [-0.15, -0.1) is 0 Å². The van der Waals surface area contributed by atoms with Crippen molar-refractivity contribution < 1.29 is 0 Å². The van der Waals surface area contributed by atoms with Crippen LogP contribution in [0.2, 0.25) is 0 Å². The van der Waals surface area contributed by atoms with E-state index in [1.807, 2.05) is 30.3 Å². The lowest BCUT2D eigenvalue weighted by Gasteiger charge is -2.22. The largest absolute Gasteiger partial charge is 0.374 e. The lowest BCUT2D eigenvalue weighted by Crippen LogP contribution is -2.12. The zero-order chi connectivity index (χ0) is 18.8. The molecule has 2 aliphatic rings. The van der Waals surface area contributed by atoms with Gasteiger partial charge in [0.05, 0.1) is 0 Å². The molecule has 1 atom stereocenters.